The predicted molar refractivity (Wildman–Crippen MR) is 145 cm³/mol. The number of ketones is 1. The van der Waals surface area contributed by atoms with Crippen LogP contribution in [-0.4, -0.2) is 43.3 Å². The normalized spacial score (nSPS) is 37.7. The summed E-state index contributed by atoms with van der Waals surface area (Å²) in [6.07, 6.45) is 8.44. The van der Waals surface area contributed by atoms with Gasteiger partial charge in [-0.25, -0.2) is 0 Å². The molecule has 0 unspecified atom stereocenters. The van der Waals surface area contributed by atoms with E-state index in [0.29, 0.717) is 41.8 Å². The first-order chi connectivity index (χ1) is 17.0. The molecule has 0 saturated heterocycles. The SMILES string of the molecule is COC(C)(C)C#C[C@]1(O)CC[C@H]2[C@@H]3CCC4=CC(=O)CC[C@@H]4[C@H]3[C@@H](c3ccc(N(C)C)cc3)C[C@@]21C. The summed E-state index contributed by atoms with van der Waals surface area (Å²) in [6.45, 7) is 6.24. The van der Waals surface area contributed by atoms with Crippen molar-refractivity contribution in [2.75, 3.05) is 26.1 Å². The lowest BCUT2D eigenvalue weighted by Crippen LogP contribution is -2.54. The van der Waals surface area contributed by atoms with Gasteiger partial charge in [-0.2, -0.15) is 0 Å². The molecule has 1 aromatic carbocycles. The average molecular weight is 490 g/mol. The van der Waals surface area contributed by atoms with Gasteiger partial charge in [0, 0.05) is 38.7 Å². The number of methoxy groups -OCH3 is 1. The fourth-order valence-corrected chi connectivity index (χ4v) is 8.18. The number of fused-ring (bicyclic) bond motifs is 5. The highest BCUT2D eigenvalue weighted by Gasteiger charge is 2.64. The summed E-state index contributed by atoms with van der Waals surface area (Å²) < 4.78 is 5.56. The smallest absolute Gasteiger partial charge is 0.155 e. The molecule has 194 valence electrons. The molecular formula is C32H43NO3. The number of ether oxygens (including phenoxy) is 1. The zero-order chi connectivity index (χ0) is 25.9. The monoisotopic (exact) mass is 489 g/mol. The lowest BCUT2D eigenvalue weighted by Gasteiger charge is -2.58. The number of aliphatic hydroxyl groups is 1. The summed E-state index contributed by atoms with van der Waals surface area (Å²) in [7, 11) is 5.83. The van der Waals surface area contributed by atoms with Crippen LogP contribution in [0.25, 0.3) is 0 Å². The number of allylic oxidation sites excluding steroid dienone is 1. The van der Waals surface area contributed by atoms with Crippen molar-refractivity contribution >= 4 is 11.5 Å². The summed E-state index contributed by atoms with van der Waals surface area (Å²) in [6, 6.07) is 9.07. The fourth-order valence-electron chi connectivity index (χ4n) is 8.18. The van der Waals surface area contributed by atoms with Gasteiger partial charge in [0.25, 0.3) is 0 Å². The van der Waals surface area contributed by atoms with Gasteiger partial charge in [0.1, 0.15) is 11.2 Å². The molecule has 0 amide bonds. The van der Waals surface area contributed by atoms with Crippen LogP contribution in [0.3, 0.4) is 0 Å². The van der Waals surface area contributed by atoms with E-state index < -0.39 is 11.2 Å². The second kappa shape index (κ2) is 9.03. The number of hydrogen-bond acceptors (Lipinski definition) is 4. The van der Waals surface area contributed by atoms with Gasteiger partial charge in [-0.3, -0.25) is 4.79 Å². The van der Waals surface area contributed by atoms with Gasteiger partial charge in [-0.05, 0) is 106 Å². The molecule has 0 heterocycles. The van der Waals surface area contributed by atoms with Crippen molar-refractivity contribution in [3.05, 3.63) is 41.5 Å². The molecular weight excluding hydrogens is 446 g/mol. The average Bonchev–Trinajstić information content (AvgIpc) is 3.12. The third-order valence-electron chi connectivity index (χ3n) is 10.4. The number of hydrogen-bond donors (Lipinski definition) is 1. The summed E-state index contributed by atoms with van der Waals surface area (Å²) in [4.78, 5) is 14.4. The summed E-state index contributed by atoms with van der Waals surface area (Å²) in [5, 5.41) is 12.2. The number of benzene rings is 1. The first-order valence-electron chi connectivity index (χ1n) is 13.8. The molecule has 4 nitrogen and oxygen atoms in total. The lowest BCUT2D eigenvalue weighted by atomic mass is 9.46. The maximum absolute atomic E-state index is 12.3. The highest BCUT2D eigenvalue weighted by Crippen LogP contribution is 2.68. The Morgan fingerprint density at radius 3 is 2.47 bits per heavy atom. The van der Waals surface area contributed by atoms with Crippen molar-refractivity contribution in [2.24, 2.45) is 29.1 Å². The van der Waals surface area contributed by atoms with Crippen molar-refractivity contribution in [3.8, 4) is 11.8 Å². The van der Waals surface area contributed by atoms with Gasteiger partial charge >= 0.3 is 0 Å². The minimum Gasteiger partial charge on any atom is -0.378 e. The van der Waals surface area contributed by atoms with Crippen LogP contribution >= 0.6 is 0 Å². The molecule has 3 fully saturated rings. The molecule has 7 atom stereocenters. The quantitative estimate of drug-likeness (QED) is 0.550. The van der Waals surface area contributed by atoms with E-state index in [2.05, 4.69) is 62.0 Å². The number of anilines is 1. The highest BCUT2D eigenvalue weighted by atomic mass is 16.5. The summed E-state index contributed by atoms with van der Waals surface area (Å²) in [5.41, 5.74) is 2.09. The number of carbonyl (C=O) groups excluding carboxylic acids is 1. The van der Waals surface area contributed by atoms with Crippen LogP contribution < -0.4 is 4.90 Å². The van der Waals surface area contributed by atoms with Crippen LogP contribution in [0.2, 0.25) is 0 Å². The van der Waals surface area contributed by atoms with Gasteiger partial charge < -0.3 is 14.7 Å². The molecule has 0 spiro atoms. The highest BCUT2D eigenvalue weighted by molar-refractivity contribution is 5.91. The predicted octanol–water partition coefficient (Wildman–Crippen LogP) is 5.75. The van der Waals surface area contributed by atoms with Crippen molar-refractivity contribution < 1.29 is 14.6 Å². The van der Waals surface area contributed by atoms with Crippen LogP contribution in [0.4, 0.5) is 5.69 Å². The Labute approximate surface area is 217 Å². The molecule has 0 bridgehead atoms. The zero-order valence-corrected chi connectivity index (χ0v) is 22.9. The maximum atomic E-state index is 12.3. The lowest BCUT2D eigenvalue weighted by molar-refractivity contribution is -0.117. The third-order valence-corrected chi connectivity index (χ3v) is 10.4. The Balaban J connectivity index is 1.58. The molecule has 0 radical (unpaired) electrons. The minimum absolute atomic E-state index is 0.276. The van der Waals surface area contributed by atoms with Crippen LogP contribution in [0.1, 0.15) is 77.2 Å². The molecule has 36 heavy (non-hydrogen) atoms. The van der Waals surface area contributed by atoms with Crippen molar-refractivity contribution in [1.82, 2.24) is 0 Å². The van der Waals surface area contributed by atoms with Crippen molar-refractivity contribution in [1.29, 1.82) is 0 Å². The molecule has 4 aliphatic rings. The molecule has 4 heteroatoms. The Morgan fingerprint density at radius 2 is 1.81 bits per heavy atom. The second-order valence-electron chi connectivity index (χ2n) is 12.8. The molecule has 5 rings (SSSR count). The van der Waals surface area contributed by atoms with Crippen LogP contribution in [0.5, 0.6) is 0 Å². The number of rotatable bonds is 3. The van der Waals surface area contributed by atoms with Gasteiger partial charge in [-0.1, -0.05) is 36.5 Å². The molecule has 4 aliphatic carbocycles. The van der Waals surface area contributed by atoms with E-state index in [0.717, 1.165) is 38.5 Å². The molecule has 3 saturated carbocycles. The maximum Gasteiger partial charge on any atom is 0.155 e. The standard InChI is InChI=1S/C32H43NO3/c1-30(2,36-6)17-18-32(35)16-15-28-26-13-9-22-19-24(34)12-14-25(22)29(26)27(20-31(28,32)3)21-7-10-23(11-8-21)33(4)5/h7-8,10-11,19,25-29,35H,9,12-16,20H2,1-6H3/t25-,26-,27+,28-,29+,31-,32+/m0/s1. The van der Waals surface area contributed by atoms with Crippen molar-refractivity contribution in [3.63, 3.8) is 0 Å². The van der Waals surface area contributed by atoms with Crippen LogP contribution in [-0.2, 0) is 9.53 Å². The molecule has 0 aromatic heterocycles. The van der Waals surface area contributed by atoms with E-state index in [-0.39, 0.29) is 5.41 Å². The van der Waals surface area contributed by atoms with Crippen LogP contribution in [0.15, 0.2) is 35.9 Å². The van der Waals surface area contributed by atoms with Crippen molar-refractivity contribution in [2.45, 2.75) is 82.8 Å². The van der Waals surface area contributed by atoms with Gasteiger partial charge in [0.05, 0.1) is 0 Å². The molecule has 1 aromatic rings. The van der Waals surface area contributed by atoms with E-state index in [4.69, 9.17) is 4.74 Å². The Hall–Kier alpha value is -2.09. The Kier molecular flexibility index (Phi) is 6.41. The number of nitrogens with zero attached hydrogens (tertiary/aromatic N) is 1. The third kappa shape index (κ3) is 4.13. The first kappa shape index (κ1) is 25.6. The van der Waals surface area contributed by atoms with E-state index in [1.165, 1.54) is 16.8 Å². The largest absolute Gasteiger partial charge is 0.378 e. The summed E-state index contributed by atoms with van der Waals surface area (Å²) >= 11 is 0. The second-order valence-corrected chi connectivity index (χ2v) is 12.8. The van der Waals surface area contributed by atoms with Gasteiger partial charge in [0.2, 0.25) is 0 Å². The van der Waals surface area contributed by atoms with Crippen LogP contribution in [0, 0.1) is 40.9 Å². The van der Waals surface area contributed by atoms with E-state index in [1.54, 1.807) is 7.11 Å². The van der Waals surface area contributed by atoms with E-state index in [1.807, 2.05) is 19.9 Å². The van der Waals surface area contributed by atoms with E-state index in [9.17, 15) is 9.90 Å². The first-order valence-corrected chi connectivity index (χ1v) is 13.8. The Bertz CT molecular complexity index is 1110. The molecule has 0 aliphatic heterocycles. The topological polar surface area (TPSA) is 49.8 Å². The van der Waals surface area contributed by atoms with Gasteiger partial charge in [-0.15, -0.1) is 0 Å². The molecule has 1 N–H and O–H groups in total. The summed E-state index contributed by atoms with van der Waals surface area (Å²) in [5.74, 6) is 9.28. The Morgan fingerprint density at radius 1 is 1.08 bits per heavy atom. The van der Waals surface area contributed by atoms with E-state index >= 15 is 0 Å². The number of carbonyl (C=O) groups is 1. The fraction of sp³-hybridized carbons (Fsp3) is 0.656. The minimum atomic E-state index is -1.01. The zero-order valence-electron chi connectivity index (χ0n) is 22.9. The van der Waals surface area contributed by atoms with Gasteiger partial charge in [0.15, 0.2) is 5.78 Å².